The van der Waals surface area contributed by atoms with Crippen molar-refractivity contribution in [2.45, 2.75) is 38.5 Å². The number of methoxy groups -OCH3 is 1. The summed E-state index contributed by atoms with van der Waals surface area (Å²) in [5.74, 6) is 0.812. The number of ether oxygens (including phenoxy) is 1. The topological polar surface area (TPSA) is 98.1 Å². The first-order valence-corrected chi connectivity index (χ1v) is 12.2. The number of halogens is 2. The van der Waals surface area contributed by atoms with Crippen molar-refractivity contribution in [2.24, 2.45) is 0 Å². The highest BCUT2D eigenvalue weighted by molar-refractivity contribution is 7.99. The van der Waals surface area contributed by atoms with Gasteiger partial charge < -0.3 is 19.9 Å². The molecule has 0 fully saturated rings. The molecule has 0 spiro atoms. The van der Waals surface area contributed by atoms with Gasteiger partial charge in [0.25, 0.3) is 5.91 Å². The van der Waals surface area contributed by atoms with Gasteiger partial charge in [0, 0.05) is 12.1 Å². The molecule has 2 N–H and O–H groups in total. The van der Waals surface area contributed by atoms with Crippen LogP contribution in [0.25, 0.3) is 0 Å². The molecule has 3 rings (SSSR count). The van der Waals surface area contributed by atoms with Gasteiger partial charge >= 0.3 is 0 Å². The molecule has 1 heterocycles. The first kappa shape index (κ1) is 25.9. The highest BCUT2D eigenvalue weighted by Crippen LogP contribution is 2.27. The molecule has 34 heavy (non-hydrogen) atoms. The Morgan fingerprint density at radius 3 is 2.59 bits per heavy atom. The zero-order valence-corrected chi connectivity index (χ0v) is 21.5. The van der Waals surface area contributed by atoms with Crippen LogP contribution in [0.15, 0.2) is 41.6 Å². The number of hydrogen-bond donors (Lipinski definition) is 2. The SMILES string of the molecule is CCn1c(SCC(=O)Nc2cc(C)ccc2OC)nnc1[C@@H](C)NC(=O)c1ccc(Cl)c(Cl)c1. The van der Waals surface area contributed by atoms with Crippen molar-refractivity contribution in [1.82, 2.24) is 20.1 Å². The van der Waals surface area contributed by atoms with Crippen LogP contribution >= 0.6 is 35.0 Å². The van der Waals surface area contributed by atoms with E-state index in [4.69, 9.17) is 27.9 Å². The first-order chi connectivity index (χ1) is 16.2. The van der Waals surface area contributed by atoms with Gasteiger partial charge in [-0.3, -0.25) is 9.59 Å². The molecule has 2 aromatic carbocycles. The third-order valence-electron chi connectivity index (χ3n) is 4.94. The predicted molar refractivity (Wildman–Crippen MR) is 135 cm³/mol. The molecule has 2 amide bonds. The maximum Gasteiger partial charge on any atom is 0.251 e. The van der Waals surface area contributed by atoms with E-state index in [1.165, 1.54) is 17.8 Å². The number of aromatic nitrogens is 3. The molecular formula is C23H25Cl2N5O3S. The molecule has 0 aliphatic rings. The normalized spacial score (nSPS) is 11.7. The maximum absolute atomic E-state index is 12.6. The molecular weight excluding hydrogens is 497 g/mol. The van der Waals surface area contributed by atoms with Crippen molar-refractivity contribution in [3.05, 3.63) is 63.4 Å². The summed E-state index contributed by atoms with van der Waals surface area (Å²) in [6.07, 6.45) is 0. The maximum atomic E-state index is 12.6. The molecule has 0 saturated heterocycles. The number of nitrogens with one attached hydrogen (secondary N) is 2. The van der Waals surface area contributed by atoms with Gasteiger partial charge in [-0.25, -0.2) is 0 Å². The van der Waals surface area contributed by atoms with Gasteiger partial charge in [-0.2, -0.15) is 0 Å². The average Bonchev–Trinajstić information content (AvgIpc) is 3.22. The van der Waals surface area contributed by atoms with E-state index in [0.29, 0.717) is 44.6 Å². The minimum absolute atomic E-state index is 0.138. The number of amides is 2. The van der Waals surface area contributed by atoms with E-state index in [1.54, 1.807) is 19.2 Å². The highest BCUT2D eigenvalue weighted by atomic mass is 35.5. The summed E-state index contributed by atoms with van der Waals surface area (Å²) < 4.78 is 7.18. The van der Waals surface area contributed by atoms with Crippen LogP contribution in [-0.4, -0.2) is 39.4 Å². The Hall–Kier alpha value is -2.75. The number of rotatable bonds is 9. The van der Waals surface area contributed by atoms with E-state index in [0.717, 1.165) is 5.56 Å². The van der Waals surface area contributed by atoms with Crippen LogP contribution in [0, 0.1) is 6.92 Å². The smallest absolute Gasteiger partial charge is 0.251 e. The zero-order valence-electron chi connectivity index (χ0n) is 19.2. The lowest BCUT2D eigenvalue weighted by molar-refractivity contribution is -0.113. The third kappa shape index (κ3) is 6.22. The Morgan fingerprint density at radius 1 is 1.15 bits per heavy atom. The minimum Gasteiger partial charge on any atom is -0.495 e. The van der Waals surface area contributed by atoms with Crippen molar-refractivity contribution in [1.29, 1.82) is 0 Å². The van der Waals surface area contributed by atoms with Crippen LogP contribution in [0.4, 0.5) is 5.69 Å². The molecule has 0 saturated carbocycles. The van der Waals surface area contributed by atoms with Crippen LogP contribution in [-0.2, 0) is 11.3 Å². The molecule has 8 nitrogen and oxygen atoms in total. The standard InChI is InChI=1S/C23H25Cl2N5O3S/c1-5-30-21(14(3)26-22(32)15-7-8-16(24)17(25)11-15)28-29-23(30)34-12-20(31)27-18-10-13(2)6-9-19(18)33-4/h6-11,14H,5,12H2,1-4H3,(H,26,32)(H,27,31)/t14-/m1/s1. The van der Waals surface area contributed by atoms with Crippen molar-refractivity contribution in [3.63, 3.8) is 0 Å². The summed E-state index contributed by atoms with van der Waals surface area (Å²) in [7, 11) is 1.56. The molecule has 0 radical (unpaired) electrons. The van der Waals surface area contributed by atoms with Crippen LogP contribution in [0.5, 0.6) is 5.75 Å². The molecule has 0 bridgehead atoms. The number of carbonyl (C=O) groups excluding carboxylic acids is 2. The van der Waals surface area contributed by atoms with Crippen LogP contribution in [0.3, 0.4) is 0 Å². The Kier molecular flexibility index (Phi) is 8.82. The molecule has 0 aliphatic heterocycles. The number of aryl methyl sites for hydroxylation is 1. The Morgan fingerprint density at radius 2 is 1.91 bits per heavy atom. The summed E-state index contributed by atoms with van der Waals surface area (Å²) in [6, 6.07) is 9.84. The number of benzene rings is 2. The van der Waals surface area contributed by atoms with Gasteiger partial charge in [0.15, 0.2) is 11.0 Å². The lowest BCUT2D eigenvalue weighted by atomic mass is 10.2. The lowest BCUT2D eigenvalue weighted by Crippen LogP contribution is -2.28. The van der Waals surface area contributed by atoms with Crippen LogP contribution in [0.2, 0.25) is 10.0 Å². The van der Waals surface area contributed by atoms with E-state index in [2.05, 4.69) is 20.8 Å². The number of carbonyl (C=O) groups is 2. The second-order valence-electron chi connectivity index (χ2n) is 7.45. The summed E-state index contributed by atoms with van der Waals surface area (Å²) in [6.45, 7) is 6.28. The summed E-state index contributed by atoms with van der Waals surface area (Å²) >= 11 is 13.2. The number of thioether (sulfide) groups is 1. The van der Waals surface area contributed by atoms with Gasteiger partial charge in [-0.05, 0) is 56.7 Å². The fourth-order valence-corrected chi connectivity index (χ4v) is 4.35. The number of anilines is 1. The molecule has 180 valence electrons. The molecule has 0 aliphatic carbocycles. The number of hydrogen-bond acceptors (Lipinski definition) is 6. The van der Waals surface area contributed by atoms with Gasteiger partial charge in [-0.15, -0.1) is 10.2 Å². The molecule has 3 aromatic rings. The second-order valence-corrected chi connectivity index (χ2v) is 9.21. The van der Waals surface area contributed by atoms with Crippen molar-refractivity contribution < 1.29 is 14.3 Å². The van der Waals surface area contributed by atoms with Crippen molar-refractivity contribution in [2.75, 3.05) is 18.2 Å². The summed E-state index contributed by atoms with van der Waals surface area (Å²) in [4.78, 5) is 25.2. The van der Waals surface area contributed by atoms with E-state index in [1.807, 2.05) is 43.5 Å². The molecule has 1 atom stereocenters. The van der Waals surface area contributed by atoms with E-state index >= 15 is 0 Å². The zero-order chi connectivity index (χ0) is 24.8. The highest BCUT2D eigenvalue weighted by Gasteiger charge is 2.21. The number of nitrogens with zero attached hydrogens (tertiary/aromatic N) is 3. The molecule has 11 heteroatoms. The van der Waals surface area contributed by atoms with Gasteiger partial charge in [0.1, 0.15) is 5.75 Å². The van der Waals surface area contributed by atoms with E-state index < -0.39 is 6.04 Å². The van der Waals surface area contributed by atoms with Crippen LogP contribution < -0.4 is 15.4 Å². The predicted octanol–water partition coefficient (Wildman–Crippen LogP) is 5.14. The monoisotopic (exact) mass is 521 g/mol. The van der Waals surface area contributed by atoms with Crippen molar-refractivity contribution in [3.8, 4) is 5.75 Å². The summed E-state index contributed by atoms with van der Waals surface area (Å²) in [5, 5.41) is 15.5. The second kappa shape index (κ2) is 11.6. The fraction of sp³-hybridized carbons (Fsp3) is 0.304. The van der Waals surface area contributed by atoms with E-state index in [9.17, 15) is 9.59 Å². The van der Waals surface area contributed by atoms with Gasteiger partial charge in [-0.1, -0.05) is 41.0 Å². The fourth-order valence-electron chi connectivity index (χ4n) is 3.24. The average molecular weight is 522 g/mol. The first-order valence-electron chi connectivity index (χ1n) is 10.5. The Balaban J connectivity index is 1.65. The lowest BCUT2D eigenvalue weighted by Gasteiger charge is -2.15. The van der Waals surface area contributed by atoms with Gasteiger partial charge in [0.05, 0.1) is 34.6 Å². The molecule has 0 unspecified atom stereocenters. The minimum atomic E-state index is -0.422. The molecule has 1 aromatic heterocycles. The van der Waals surface area contributed by atoms with Gasteiger partial charge in [0.2, 0.25) is 5.91 Å². The summed E-state index contributed by atoms with van der Waals surface area (Å²) in [5.41, 5.74) is 2.02. The third-order valence-corrected chi connectivity index (χ3v) is 6.65. The van der Waals surface area contributed by atoms with E-state index in [-0.39, 0.29) is 17.6 Å². The van der Waals surface area contributed by atoms with Crippen molar-refractivity contribution >= 4 is 52.5 Å². The quantitative estimate of drug-likeness (QED) is 0.378. The largest absolute Gasteiger partial charge is 0.495 e. The van der Waals surface area contributed by atoms with Crippen LogP contribution in [0.1, 0.15) is 41.6 Å². The Labute approximate surface area is 212 Å². The Bertz CT molecular complexity index is 1200.